The summed E-state index contributed by atoms with van der Waals surface area (Å²) in [5.74, 6) is -0.284. The number of fused-ring (bicyclic) bond motifs is 1. The summed E-state index contributed by atoms with van der Waals surface area (Å²) < 4.78 is 5.98. The number of thioether (sulfide) groups is 1. The first-order valence-electron chi connectivity index (χ1n) is 9.39. The second-order valence-corrected chi connectivity index (χ2v) is 8.53. The normalized spacial score (nSPS) is 20.5. The van der Waals surface area contributed by atoms with Crippen molar-refractivity contribution < 1.29 is 19.1 Å². The number of nitrogens with zero attached hydrogens (tertiary/aromatic N) is 1. The van der Waals surface area contributed by atoms with E-state index in [4.69, 9.17) is 4.74 Å². The number of rotatable bonds is 7. The first kappa shape index (κ1) is 20.7. The van der Waals surface area contributed by atoms with Gasteiger partial charge in [0.15, 0.2) is 6.10 Å². The number of benzene rings is 2. The summed E-state index contributed by atoms with van der Waals surface area (Å²) in [6, 6.07) is 18.4. The molecular formula is C22H19BrN2O4S. The monoisotopic (exact) mass is 486 g/mol. The van der Waals surface area contributed by atoms with Crippen molar-refractivity contribution in [1.29, 1.82) is 0 Å². The lowest BCUT2D eigenvalue weighted by Gasteiger charge is -2.49. The molecule has 0 aliphatic carbocycles. The third-order valence-corrected chi connectivity index (χ3v) is 7.10. The number of esters is 1. The summed E-state index contributed by atoms with van der Waals surface area (Å²) in [4.78, 5) is 38.2. The SMILES string of the molecule is O=CN[C@@H]1C(=O)N2C(C(=O)OC(c3ccccc3)c3ccccc3)=C(CBr)CS[C@@H]12. The Kier molecular flexibility index (Phi) is 6.24. The van der Waals surface area contributed by atoms with E-state index in [-0.39, 0.29) is 17.0 Å². The van der Waals surface area contributed by atoms with Crippen LogP contribution < -0.4 is 5.32 Å². The largest absolute Gasteiger partial charge is 0.448 e. The van der Waals surface area contributed by atoms with Gasteiger partial charge < -0.3 is 10.1 Å². The van der Waals surface area contributed by atoms with Crippen LogP contribution in [0.3, 0.4) is 0 Å². The summed E-state index contributed by atoms with van der Waals surface area (Å²) in [5, 5.41) is 2.68. The van der Waals surface area contributed by atoms with Crippen LogP contribution in [0.2, 0.25) is 0 Å². The molecule has 2 amide bonds. The number of hydrogen-bond acceptors (Lipinski definition) is 5. The predicted octanol–water partition coefficient (Wildman–Crippen LogP) is 3.00. The average molecular weight is 487 g/mol. The van der Waals surface area contributed by atoms with Crippen LogP contribution in [-0.2, 0) is 19.1 Å². The Bertz CT molecular complexity index is 944. The molecule has 1 saturated heterocycles. The number of amides is 2. The van der Waals surface area contributed by atoms with Gasteiger partial charge in [0, 0.05) is 11.1 Å². The standard InChI is InChI=1S/C22H19BrN2O4S/c23-11-16-12-30-21-17(24-13-26)20(27)25(21)18(16)22(28)29-19(14-7-3-1-4-8-14)15-9-5-2-6-10-15/h1-10,13,17,19,21H,11-12H2,(H,24,26)/t17-,21+/m1/s1. The predicted molar refractivity (Wildman–Crippen MR) is 118 cm³/mol. The van der Waals surface area contributed by atoms with Crippen molar-refractivity contribution in [3.63, 3.8) is 0 Å². The molecule has 0 unspecified atom stereocenters. The summed E-state index contributed by atoms with van der Waals surface area (Å²) in [5.41, 5.74) is 2.74. The van der Waals surface area contributed by atoms with Crippen LogP contribution in [0.4, 0.5) is 0 Å². The number of halogens is 1. The number of carbonyl (C=O) groups excluding carboxylic acids is 3. The molecule has 2 aromatic carbocycles. The van der Waals surface area contributed by atoms with Gasteiger partial charge >= 0.3 is 5.97 Å². The highest BCUT2D eigenvalue weighted by Gasteiger charge is 2.53. The maximum atomic E-state index is 13.3. The average Bonchev–Trinajstić information content (AvgIpc) is 2.80. The van der Waals surface area contributed by atoms with Gasteiger partial charge in [-0.1, -0.05) is 76.6 Å². The number of carbonyl (C=O) groups is 3. The number of alkyl halides is 1. The molecule has 1 fully saturated rings. The van der Waals surface area contributed by atoms with Crippen molar-refractivity contribution in [3.8, 4) is 0 Å². The molecule has 1 N–H and O–H groups in total. The summed E-state index contributed by atoms with van der Waals surface area (Å²) >= 11 is 4.94. The van der Waals surface area contributed by atoms with E-state index < -0.39 is 18.1 Å². The van der Waals surface area contributed by atoms with Crippen molar-refractivity contribution in [3.05, 3.63) is 83.1 Å². The Labute approximate surface area is 186 Å². The van der Waals surface area contributed by atoms with Crippen molar-refractivity contribution in [2.45, 2.75) is 17.5 Å². The molecule has 0 spiro atoms. The van der Waals surface area contributed by atoms with Crippen LogP contribution in [0.15, 0.2) is 71.9 Å². The highest BCUT2D eigenvalue weighted by Crippen LogP contribution is 2.41. The van der Waals surface area contributed by atoms with Crippen molar-refractivity contribution in [2.24, 2.45) is 0 Å². The smallest absolute Gasteiger partial charge is 0.356 e. The minimum absolute atomic E-state index is 0.265. The molecule has 30 heavy (non-hydrogen) atoms. The van der Waals surface area contributed by atoms with Gasteiger partial charge in [-0.3, -0.25) is 14.5 Å². The lowest BCUT2D eigenvalue weighted by atomic mass is 10.0. The van der Waals surface area contributed by atoms with Crippen LogP contribution in [0, 0.1) is 0 Å². The Morgan fingerprint density at radius 3 is 2.30 bits per heavy atom. The zero-order chi connectivity index (χ0) is 21.1. The van der Waals surface area contributed by atoms with Gasteiger partial charge in [0.2, 0.25) is 6.41 Å². The Hall–Kier alpha value is -2.58. The maximum absolute atomic E-state index is 13.3. The number of β-lactam (4-membered cyclic amide) rings is 1. The van der Waals surface area contributed by atoms with E-state index in [2.05, 4.69) is 21.2 Å². The van der Waals surface area contributed by atoms with E-state index in [9.17, 15) is 14.4 Å². The van der Waals surface area contributed by atoms with E-state index in [1.54, 1.807) is 0 Å². The number of nitrogens with one attached hydrogen (secondary N) is 1. The Morgan fingerprint density at radius 2 is 1.77 bits per heavy atom. The Balaban J connectivity index is 1.65. The highest BCUT2D eigenvalue weighted by molar-refractivity contribution is 9.09. The Morgan fingerprint density at radius 1 is 1.17 bits per heavy atom. The van der Waals surface area contributed by atoms with Crippen molar-refractivity contribution in [2.75, 3.05) is 11.1 Å². The van der Waals surface area contributed by atoms with E-state index in [1.165, 1.54) is 16.7 Å². The van der Waals surface area contributed by atoms with Crippen LogP contribution in [-0.4, -0.2) is 45.7 Å². The lowest BCUT2D eigenvalue weighted by molar-refractivity contribution is -0.154. The van der Waals surface area contributed by atoms with Crippen LogP contribution >= 0.6 is 27.7 Å². The van der Waals surface area contributed by atoms with E-state index in [1.807, 2.05) is 60.7 Å². The molecular weight excluding hydrogens is 468 g/mol. The molecule has 2 atom stereocenters. The molecule has 0 saturated carbocycles. The van der Waals surface area contributed by atoms with Gasteiger partial charge in [-0.25, -0.2) is 4.79 Å². The van der Waals surface area contributed by atoms with Crippen molar-refractivity contribution in [1.82, 2.24) is 10.2 Å². The van der Waals surface area contributed by atoms with E-state index in [0.717, 1.165) is 16.7 Å². The van der Waals surface area contributed by atoms with Crippen LogP contribution in [0.1, 0.15) is 17.2 Å². The third kappa shape index (κ3) is 3.77. The highest BCUT2D eigenvalue weighted by atomic mass is 79.9. The molecule has 154 valence electrons. The molecule has 4 rings (SSSR count). The van der Waals surface area contributed by atoms with Gasteiger partial charge in [0.25, 0.3) is 5.91 Å². The lowest BCUT2D eigenvalue weighted by Crippen LogP contribution is -2.69. The second-order valence-electron chi connectivity index (χ2n) is 6.86. The summed E-state index contributed by atoms with van der Waals surface area (Å²) in [6.45, 7) is 0. The van der Waals surface area contributed by atoms with Gasteiger partial charge in [-0.15, -0.1) is 11.8 Å². The topological polar surface area (TPSA) is 75.7 Å². The molecule has 8 heteroatoms. The molecule has 2 aliphatic rings. The molecule has 2 heterocycles. The minimum Gasteiger partial charge on any atom is -0.448 e. The molecule has 2 aliphatic heterocycles. The molecule has 6 nitrogen and oxygen atoms in total. The van der Waals surface area contributed by atoms with Crippen molar-refractivity contribution >= 4 is 46.0 Å². The van der Waals surface area contributed by atoms with Crippen LogP contribution in [0.25, 0.3) is 0 Å². The van der Waals surface area contributed by atoms with E-state index in [0.29, 0.717) is 17.5 Å². The number of ether oxygens (including phenoxy) is 1. The fourth-order valence-corrected chi connectivity index (χ4v) is 5.70. The zero-order valence-electron chi connectivity index (χ0n) is 15.9. The number of hydrogen-bond donors (Lipinski definition) is 1. The fourth-order valence-electron chi connectivity index (χ4n) is 3.62. The zero-order valence-corrected chi connectivity index (χ0v) is 18.3. The second kappa shape index (κ2) is 9.06. The van der Waals surface area contributed by atoms with Gasteiger partial charge in [0.05, 0.1) is 0 Å². The maximum Gasteiger partial charge on any atom is 0.356 e. The van der Waals surface area contributed by atoms with Gasteiger partial charge in [-0.2, -0.15) is 0 Å². The van der Waals surface area contributed by atoms with Gasteiger partial charge in [0.1, 0.15) is 17.1 Å². The summed E-state index contributed by atoms with van der Waals surface area (Å²) in [6.07, 6.45) is -0.0829. The quantitative estimate of drug-likeness (QED) is 0.281. The van der Waals surface area contributed by atoms with Crippen LogP contribution in [0.5, 0.6) is 0 Å². The van der Waals surface area contributed by atoms with E-state index >= 15 is 0 Å². The first-order valence-corrected chi connectivity index (χ1v) is 11.6. The van der Waals surface area contributed by atoms with Gasteiger partial charge in [-0.05, 0) is 16.7 Å². The fraction of sp³-hybridized carbons (Fsp3) is 0.227. The molecule has 2 aromatic rings. The third-order valence-electron chi connectivity index (χ3n) is 5.08. The molecule has 0 aromatic heterocycles. The summed E-state index contributed by atoms with van der Waals surface area (Å²) in [7, 11) is 0. The first-order chi connectivity index (χ1) is 14.7. The minimum atomic E-state index is -0.619. The molecule has 0 radical (unpaired) electrons. The molecule has 0 bridgehead atoms.